The summed E-state index contributed by atoms with van der Waals surface area (Å²) in [6.45, 7) is 3.07. The van der Waals surface area contributed by atoms with Gasteiger partial charge in [0.2, 0.25) is 5.95 Å². The Labute approximate surface area is 173 Å². The molecule has 1 N–H and O–H groups in total. The molecule has 0 amide bonds. The van der Waals surface area contributed by atoms with Gasteiger partial charge in [-0.25, -0.2) is 4.98 Å². The maximum atomic E-state index is 6.46. The molecule has 0 radical (unpaired) electrons. The Morgan fingerprint density at radius 1 is 1.18 bits per heavy atom. The maximum absolute atomic E-state index is 6.46. The van der Waals surface area contributed by atoms with Crippen LogP contribution in [0.3, 0.4) is 0 Å². The number of halogens is 2. The van der Waals surface area contributed by atoms with Crippen molar-refractivity contribution in [1.82, 2.24) is 9.97 Å². The lowest BCUT2D eigenvalue weighted by atomic mass is 9.98. The largest absolute Gasteiger partial charge is 0.381 e. The number of ether oxygens (including phenoxy) is 1. The second-order valence-electron chi connectivity index (χ2n) is 7.04. The van der Waals surface area contributed by atoms with E-state index in [9.17, 15) is 0 Å². The number of fused-ring (bicyclic) bond motifs is 3. The van der Waals surface area contributed by atoms with Gasteiger partial charge in [0.05, 0.1) is 11.6 Å². The number of hydrogen-bond donors (Lipinski definition) is 1. The molecular weight excluding hydrogens is 397 g/mol. The summed E-state index contributed by atoms with van der Waals surface area (Å²) in [7, 11) is 0. The van der Waals surface area contributed by atoms with Gasteiger partial charge in [-0.1, -0.05) is 29.3 Å². The normalized spacial score (nSPS) is 19.0. The number of anilines is 2. The predicted molar refractivity (Wildman–Crippen MR) is 113 cm³/mol. The predicted octanol–water partition coefficient (Wildman–Crippen LogP) is 4.15. The van der Waals surface area contributed by atoms with Gasteiger partial charge in [-0.3, -0.25) is 4.99 Å². The summed E-state index contributed by atoms with van der Waals surface area (Å²) in [4.78, 5) is 16.2. The van der Waals surface area contributed by atoms with Crippen LogP contribution in [-0.2, 0) is 4.74 Å². The molecule has 0 aliphatic carbocycles. The van der Waals surface area contributed by atoms with Gasteiger partial charge < -0.3 is 15.0 Å². The van der Waals surface area contributed by atoms with Gasteiger partial charge in [-0.05, 0) is 31.1 Å². The fraction of sp³-hybridized carbons (Fsp3) is 0.350. The van der Waals surface area contributed by atoms with E-state index >= 15 is 0 Å². The Kier molecular flexibility index (Phi) is 4.70. The van der Waals surface area contributed by atoms with E-state index in [0.29, 0.717) is 22.0 Å². The Morgan fingerprint density at radius 3 is 2.86 bits per heavy atom. The summed E-state index contributed by atoms with van der Waals surface area (Å²) in [5, 5.41) is 4.66. The topological polar surface area (TPSA) is 62.6 Å². The SMILES string of the molecule is Clc1ccc(C2=Cc3cnc(NC4CCOCC4)nc3N3CCN=C23)c(Cl)c1. The maximum Gasteiger partial charge on any atom is 0.224 e. The molecule has 2 aromatic rings. The summed E-state index contributed by atoms with van der Waals surface area (Å²) >= 11 is 12.5. The van der Waals surface area contributed by atoms with Gasteiger partial charge in [0.15, 0.2) is 0 Å². The molecule has 1 saturated heterocycles. The molecule has 0 unspecified atom stereocenters. The van der Waals surface area contributed by atoms with Crippen molar-refractivity contribution in [2.24, 2.45) is 4.99 Å². The molecule has 0 saturated carbocycles. The fourth-order valence-electron chi connectivity index (χ4n) is 3.80. The standard InChI is InChI=1S/C20H19Cl2N5O/c21-13-1-2-15(17(22)10-13)16-9-12-11-24-20(25-14-3-7-28-8-4-14)26-18(12)27-6-5-23-19(16)27/h1-2,9-11,14H,3-8H2,(H,24,25,26). The first kappa shape index (κ1) is 17.9. The minimum Gasteiger partial charge on any atom is -0.381 e. The van der Waals surface area contributed by atoms with Crippen LogP contribution in [0.25, 0.3) is 11.6 Å². The quantitative estimate of drug-likeness (QED) is 0.815. The number of amidine groups is 1. The molecule has 0 bridgehead atoms. The molecule has 5 rings (SSSR count). The number of hydrogen-bond acceptors (Lipinski definition) is 6. The van der Waals surface area contributed by atoms with Crippen molar-refractivity contribution in [1.29, 1.82) is 0 Å². The Morgan fingerprint density at radius 2 is 2.04 bits per heavy atom. The van der Waals surface area contributed by atoms with Gasteiger partial charge in [0.1, 0.15) is 11.7 Å². The summed E-state index contributed by atoms with van der Waals surface area (Å²) in [5.74, 6) is 2.43. The zero-order valence-electron chi connectivity index (χ0n) is 15.2. The van der Waals surface area contributed by atoms with Crippen molar-refractivity contribution in [3.05, 3.63) is 45.6 Å². The van der Waals surface area contributed by atoms with Crippen molar-refractivity contribution in [3.63, 3.8) is 0 Å². The summed E-state index contributed by atoms with van der Waals surface area (Å²) in [5.41, 5.74) is 2.84. The monoisotopic (exact) mass is 415 g/mol. The van der Waals surface area contributed by atoms with Gasteiger partial charge in [-0.2, -0.15) is 4.98 Å². The van der Waals surface area contributed by atoms with Crippen molar-refractivity contribution in [2.75, 3.05) is 36.5 Å². The number of benzene rings is 1. The van der Waals surface area contributed by atoms with Crippen LogP contribution in [0.2, 0.25) is 10.0 Å². The van der Waals surface area contributed by atoms with E-state index in [-0.39, 0.29) is 0 Å². The minimum atomic E-state index is 0.348. The van der Waals surface area contributed by atoms with E-state index < -0.39 is 0 Å². The number of rotatable bonds is 3. The Balaban J connectivity index is 1.52. The van der Waals surface area contributed by atoms with Crippen molar-refractivity contribution in [3.8, 4) is 0 Å². The van der Waals surface area contributed by atoms with Crippen LogP contribution in [0.1, 0.15) is 24.0 Å². The third-order valence-corrected chi connectivity index (χ3v) is 5.76. The zero-order valence-corrected chi connectivity index (χ0v) is 16.7. The fourth-order valence-corrected chi connectivity index (χ4v) is 4.31. The lowest BCUT2D eigenvalue weighted by Gasteiger charge is -2.29. The summed E-state index contributed by atoms with van der Waals surface area (Å²) in [6.07, 6.45) is 5.86. The highest BCUT2D eigenvalue weighted by atomic mass is 35.5. The second kappa shape index (κ2) is 7.35. The smallest absolute Gasteiger partial charge is 0.224 e. The first-order chi connectivity index (χ1) is 13.7. The van der Waals surface area contributed by atoms with Crippen LogP contribution in [-0.4, -0.2) is 48.1 Å². The molecule has 1 aromatic heterocycles. The molecule has 28 heavy (non-hydrogen) atoms. The second-order valence-corrected chi connectivity index (χ2v) is 7.89. The van der Waals surface area contributed by atoms with E-state index in [4.69, 9.17) is 37.9 Å². The third kappa shape index (κ3) is 3.26. The molecule has 144 valence electrons. The van der Waals surface area contributed by atoms with Crippen molar-refractivity contribution in [2.45, 2.75) is 18.9 Å². The lowest BCUT2D eigenvalue weighted by molar-refractivity contribution is 0.0903. The third-order valence-electron chi connectivity index (χ3n) is 5.21. The minimum absolute atomic E-state index is 0.348. The number of aliphatic imine (C=N–C) groups is 1. The zero-order chi connectivity index (χ0) is 19.1. The highest BCUT2D eigenvalue weighted by molar-refractivity contribution is 6.41. The lowest BCUT2D eigenvalue weighted by Crippen LogP contribution is -2.33. The first-order valence-corrected chi connectivity index (χ1v) is 10.2. The average molecular weight is 416 g/mol. The number of nitrogens with one attached hydrogen (secondary N) is 1. The Bertz CT molecular complexity index is 985. The molecule has 4 heterocycles. The molecular formula is C20H19Cl2N5O. The highest BCUT2D eigenvalue weighted by Gasteiger charge is 2.31. The molecule has 3 aliphatic heterocycles. The van der Waals surface area contributed by atoms with Crippen LogP contribution < -0.4 is 10.2 Å². The molecule has 1 aromatic carbocycles. The van der Waals surface area contributed by atoms with Gasteiger partial charge in [-0.15, -0.1) is 0 Å². The van der Waals surface area contributed by atoms with E-state index in [1.807, 2.05) is 18.3 Å². The molecule has 1 fully saturated rings. The van der Waals surface area contributed by atoms with Crippen LogP contribution >= 0.6 is 23.2 Å². The first-order valence-electron chi connectivity index (χ1n) is 9.40. The molecule has 6 nitrogen and oxygen atoms in total. The molecule has 0 atom stereocenters. The van der Waals surface area contributed by atoms with Crippen molar-refractivity contribution < 1.29 is 4.74 Å². The van der Waals surface area contributed by atoms with Gasteiger partial charge in [0.25, 0.3) is 0 Å². The van der Waals surface area contributed by atoms with E-state index in [2.05, 4.69) is 21.3 Å². The summed E-state index contributed by atoms with van der Waals surface area (Å²) in [6, 6.07) is 5.88. The van der Waals surface area contributed by atoms with Gasteiger partial charge >= 0.3 is 0 Å². The number of nitrogens with zero attached hydrogens (tertiary/aromatic N) is 4. The number of aromatic nitrogens is 2. The van der Waals surface area contributed by atoms with Crippen LogP contribution in [0.4, 0.5) is 11.8 Å². The van der Waals surface area contributed by atoms with E-state index in [1.165, 1.54) is 0 Å². The molecule has 3 aliphatic rings. The summed E-state index contributed by atoms with van der Waals surface area (Å²) < 4.78 is 5.42. The van der Waals surface area contributed by atoms with Crippen LogP contribution in [0.15, 0.2) is 29.4 Å². The van der Waals surface area contributed by atoms with Crippen molar-refractivity contribution >= 4 is 52.5 Å². The van der Waals surface area contributed by atoms with Crippen LogP contribution in [0, 0.1) is 0 Å². The highest BCUT2D eigenvalue weighted by Crippen LogP contribution is 2.38. The van der Waals surface area contributed by atoms with E-state index in [1.54, 1.807) is 6.07 Å². The molecule has 0 spiro atoms. The molecule has 8 heteroatoms. The Hall–Kier alpha value is -2.15. The van der Waals surface area contributed by atoms with Gasteiger partial charge in [0, 0.05) is 53.7 Å². The average Bonchev–Trinajstić information content (AvgIpc) is 3.19. The van der Waals surface area contributed by atoms with Crippen LogP contribution in [0.5, 0.6) is 0 Å². The van der Waals surface area contributed by atoms with E-state index in [0.717, 1.165) is 67.5 Å².